The molecule has 0 aliphatic carbocycles. The SMILES string of the molecule is CSCCC(=O)N1CCC(C(=O)c2ccccc2)CC1. The van der Waals surface area contributed by atoms with Gasteiger partial charge in [-0.3, -0.25) is 9.59 Å². The molecule has 0 unspecified atom stereocenters. The predicted octanol–water partition coefficient (Wildman–Crippen LogP) is 2.86. The Morgan fingerprint density at radius 2 is 1.85 bits per heavy atom. The molecule has 0 saturated carbocycles. The second-order valence-electron chi connectivity index (χ2n) is 5.13. The molecule has 0 bridgehead atoms. The predicted molar refractivity (Wildman–Crippen MR) is 83.1 cm³/mol. The summed E-state index contributed by atoms with van der Waals surface area (Å²) in [6, 6.07) is 9.46. The number of piperidine rings is 1. The number of carbonyl (C=O) groups is 2. The highest BCUT2D eigenvalue weighted by atomic mass is 32.2. The summed E-state index contributed by atoms with van der Waals surface area (Å²) in [6.07, 6.45) is 4.20. The van der Waals surface area contributed by atoms with Crippen LogP contribution in [0.5, 0.6) is 0 Å². The van der Waals surface area contributed by atoms with Gasteiger partial charge in [-0.05, 0) is 19.1 Å². The molecule has 4 heteroatoms. The molecule has 0 N–H and O–H groups in total. The number of benzene rings is 1. The quantitative estimate of drug-likeness (QED) is 0.783. The minimum absolute atomic E-state index is 0.0713. The lowest BCUT2D eigenvalue weighted by Crippen LogP contribution is -2.40. The number of amides is 1. The number of rotatable bonds is 5. The van der Waals surface area contributed by atoms with Crippen LogP contribution in [-0.2, 0) is 4.79 Å². The van der Waals surface area contributed by atoms with Crippen LogP contribution in [0.15, 0.2) is 30.3 Å². The number of likely N-dealkylation sites (tertiary alicyclic amines) is 1. The molecule has 1 fully saturated rings. The number of hydrogen-bond acceptors (Lipinski definition) is 3. The van der Waals surface area contributed by atoms with Gasteiger partial charge in [0, 0.05) is 36.7 Å². The van der Waals surface area contributed by atoms with Gasteiger partial charge in [-0.25, -0.2) is 0 Å². The van der Waals surface area contributed by atoms with E-state index >= 15 is 0 Å². The molecular formula is C16H21NO2S. The molecule has 1 heterocycles. The number of Topliss-reactive ketones (excluding diaryl/α,β-unsaturated/α-hetero) is 1. The van der Waals surface area contributed by atoms with E-state index in [2.05, 4.69) is 0 Å². The third-order valence-corrected chi connectivity index (χ3v) is 4.41. The first-order valence-corrected chi connectivity index (χ1v) is 8.47. The van der Waals surface area contributed by atoms with Crippen LogP contribution >= 0.6 is 11.8 Å². The zero-order valence-electron chi connectivity index (χ0n) is 11.9. The lowest BCUT2D eigenvalue weighted by Gasteiger charge is -2.31. The Morgan fingerprint density at radius 1 is 1.20 bits per heavy atom. The lowest BCUT2D eigenvalue weighted by atomic mass is 9.89. The molecule has 0 spiro atoms. The van der Waals surface area contributed by atoms with Gasteiger partial charge in [-0.2, -0.15) is 11.8 Å². The first kappa shape index (κ1) is 15.1. The molecule has 0 atom stereocenters. The van der Waals surface area contributed by atoms with Gasteiger partial charge in [0.05, 0.1) is 0 Å². The van der Waals surface area contributed by atoms with E-state index < -0.39 is 0 Å². The van der Waals surface area contributed by atoms with E-state index in [0.29, 0.717) is 6.42 Å². The highest BCUT2D eigenvalue weighted by molar-refractivity contribution is 7.98. The van der Waals surface area contributed by atoms with Gasteiger partial charge in [0.15, 0.2) is 5.78 Å². The molecule has 3 nitrogen and oxygen atoms in total. The molecule has 108 valence electrons. The summed E-state index contributed by atoms with van der Waals surface area (Å²) in [7, 11) is 0. The fourth-order valence-corrected chi connectivity index (χ4v) is 2.96. The zero-order chi connectivity index (χ0) is 14.4. The van der Waals surface area contributed by atoms with E-state index in [1.165, 1.54) is 0 Å². The summed E-state index contributed by atoms with van der Waals surface area (Å²) in [5, 5.41) is 0. The summed E-state index contributed by atoms with van der Waals surface area (Å²) in [5.41, 5.74) is 0.791. The van der Waals surface area contributed by atoms with Crippen molar-refractivity contribution in [3.05, 3.63) is 35.9 Å². The standard InChI is InChI=1S/C16H21NO2S/c1-20-12-9-15(18)17-10-7-14(8-11-17)16(19)13-5-3-2-4-6-13/h2-6,14H,7-12H2,1H3. The van der Waals surface area contributed by atoms with Crippen LogP contribution in [0, 0.1) is 5.92 Å². The summed E-state index contributed by atoms with van der Waals surface area (Å²) in [6.45, 7) is 1.44. The van der Waals surface area contributed by atoms with Crippen molar-refractivity contribution in [2.45, 2.75) is 19.3 Å². The third kappa shape index (κ3) is 3.85. The molecule has 1 aromatic rings. The maximum Gasteiger partial charge on any atom is 0.223 e. The largest absolute Gasteiger partial charge is 0.343 e. The second-order valence-corrected chi connectivity index (χ2v) is 6.11. The van der Waals surface area contributed by atoms with Crippen molar-refractivity contribution in [2.75, 3.05) is 25.1 Å². The first-order valence-electron chi connectivity index (χ1n) is 7.08. The summed E-state index contributed by atoms with van der Waals surface area (Å²) < 4.78 is 0. The smallest absolute Gasteiger partial charge is 0.223 e. The topological polar surface area (TPSA) is 37.4 Å². The Kier molecular flexibility index (Phi) is 5.65. The van der Waals surface area contributed by atoms with Crippen molar-refractivity contribution in [2.24, 2.45) is 5.92 Å². The molecule has 20 heavy (non-hydrogen) atoms. The minimum Gasteiger partial charge on any atom is -0.343 e. The Bertz CT molecular complexity index is 453. The summed E-state index contributed by atoms with van der Waals surface area (Å²) in [5.74, 6) is 1.40. The van der Waals surface area contributed by atoms with Gasteiger partial charge < -0.3 is 4.90 Å². The van der Waals surface area contributed by atoms with Crippen molar-refractivity contribution < 1.29 is 9.59 Å². The lowest BCUT2D eigenvalue weighted by molar-refractivity contribution is -0.131. The van der Waals surface area contributed by atoms with E-state index in [-0.39, 0.29) is 17.6 Å². The fourth-order valence-electron chi connectivity index (χ4n) is 2.58. The highest BCUT2D eigenvalue weighted by Crippen LogP contribution is 2.22. The molecule has 2 rings (SSSR count). The Balaban J connectivity index is 1.85. The Morgan fingerprint density at radius 3 is 2.45 bits per heavy atom. The van der Waals surface area contributed by atoms with Gasteiger partial charge in [-0.15, -0.1) is 0 Å². The van der Waals surface area contributed by atoms with E-state index in [9.17, 15) is 9.59 Å². The second kappa shape index (κ2) is 7.48. The molecule has 1 aromatic carbocycles. The number of hydrogen-bond donors (Lipinski definition) is 0. The van der Waals surface area contributed by atoms with Crippen LogP contribution in [0.2, 0.25) is 0 Å². The summed E-state index contributed by atoms with van der Waals surface area (Å²) >= 11 is 1.70. The van der Waals surface area contributed by atoms with Crippen LogP contribution in [0.4, 0.5) is 0 Å². The van der Waals surface area contributed by atoms with Gasteiger partial charge in [0.2, 0.25) is 5.91 Å². The number of thioether (sulfide) groups is 1. The Labute approximate surface area is 124 Å². The van der Waals surface area contributed by atoms with E-state index in [1.807, 2.05) is 41.5 Å². The van der Waals surface area contributed by atoms with Crippen LogP contribution in [0.3, 0.4) is 0 Å². The Hall–Kier alpha value is -1.29. The number of nitrogens with zero attached hydrogens (tertiary/aromatic N) is 1. The van der Waals surface area contributed by atoms with Crippen LogP contribution in [0.25, 0.3) is 0 Å². The van der Waals surface area contributed by atoms with Crippen molar-refractivity contribution in [1.82, 2.24) is 4.90 Å². The molecule has 0 aromatic heterocycles. The first-order chi connectivity index (χ1) is 9.72. The van der Waals surface area contributed by atoms with Gasteiger partial charge >= 0.3 is 0 Å². The fraction of sp³-hybridized carbons (Fsp3) is 0.500. The van der Waals surface area contributed by atoms with Crippen molar-refractivity contribution in [3.63, 3.8) is 0 Å². The van der Waals surface area contributed by atoms with Gasteiger partial charge in [0.25, 0.3) is 0 Å². The summed E-state index contributed by atoms with van der Waals surface area (Å²) in [4.78, 5) is 26.2. The molecule has 1 aliphatic heterocycles. The molecule has 1 aliphatic rings. The third-order valence-electron chi connectivity index (χ3n) is 3.80. The number of ketones is 1. The monoisotopic (exact) mass is 291 g/mol. The average Bonchev–Trinajstić information content (AvgIpc) is 2.53. The van der Waals surface area contributed by atoms with E-state index in [1.54, 1.807) is 11.8 Å². The molecule has 1 saturated heterocycles. The average molecular weight is 291 g/mol. The molecule has 1 amide bonds. The molecule has 0 radical (unpaired) electrons. The van der Waals surface area contributed by atoms with Crippen molar-refractivity contribution in [3.8, 4) is 0 Å². The maximum atomic E-state index is 12.3. The van der Waals surface area contributed by atoms with Gasteiger partial charge in [0.1, 0.15) is 0 Å². The van der Waals surface area contributed by atoms with Crippen molar-refractivity contribution in [1.29, 1.82) is 0 Å². The van der Waals surface area contributed by atoms with Gasteiger partial charge in [-0.1, -0.05) is 30.3 Å². The zero-order valence-corrected chi connectivity index (χ0v) is 12.7. The highest BCUT2D eigenvalue weighted by Gasteiger charge is 2.27. The van der Waals surface area contributed by atoms with E-state index in [0.717, 1.165) is 37.2 Å². The molecular weight excluding hydrogens is 270 g/mol. The van der Waals surface area contributed by atoms with E-state index in [4.69, 9.17) is 0 Å². The van der Waals surface area contributed by atoms with Crippen LogP contribution < -0.4 is 0 Å². The normalized spacial score (nSPS) is 16.1. The van der Waals surface area contributed by atoms with Crippen LogP contribution in [-0.4, -0.2) is 41.7 Å². The van der Waals surface area contributed by atoms with Crippen molar-refractivity contribution >= 4 is 23.5 Å². The maximum absolute atomic E-state index is 12.3. The minimum atomic E-state index is 0.0713. The number of carbonyl (C=O) groups excluding carboxylic acids is 2. The van der Waals surface area contributed by atoms with Crippen LogP contribution in [0.1, 0.15) is 29.6 Å².